The Balaban J connectivity index is 2.08. The second-order valence-electron chi connectivity index (χ2n) is 5.42. The maximum atomic E-state index is 12.9. The summed E-state index contributed by atoms with van der Waals surface area (Å²) in [4.78, 5) is 14.7. The van der Waals surface area contributed by atoms with Crippen LogP contribution in [-0.4, -0.2) is 12.5 Å². The summed E-state index contributed by atoms with van der Waals surface area (Å²) >= 11 is 0. The molecule has 1 amide bonds. The normalized spacial score (nSPS) is 10.6. The van der Waals surface area contributed by atoms with Crippen LogP contribution in [0.1, 0.15) is 22.8 Å². The van der Waals surface area contributed by atoms with Crippen LogP contribution in [0.3, 0.4) is 0 Å². The first-order chi connectivity index (χ1) is 10.7. The fraction of sp³-hybridized carbons (Fsp3) is 0.150. The second kappa shape index (κ2) is 6.02. The molecular formula is C20H19NO. The fourth-order valence-corrected chi connectivity index (χ4v) is 2.80. The number of fused-ring (bicyclic) bond motifs is 1. The van der Waals surface area contributed by atoms with Crippen LogP contribution < -0.4 is 4.90 Å². The molecule has 0 N–H and O–H groups in total. The zero-order chi connectivity index (χ0) is 15.5. The van der Waals surface area contributed by atoms with Gasteiger partial charge in [0.2, 0.25) is 0 Å². The monoisotopic (exact) mass is 289 g/mol. The summed E-state index contributed by atoms with van der Waals surface area (Å²) < 4.78 is 0. The zero-order valence-electron chi connectivity index (χ0n) is 12.9. The van der Waals surface area contributed by atoms with Gasteiger partial charge in [-0.1, -0.05) is 54.1 Å². The number of amides is 1. The predicted molar refractivity (Wildman–Crippen MR) is 92.5 cm³/mol. The van der Waals surface area contributed by atoms with Crippen molar-refractivity contribution < 1.29 is 4.79 Å². The molecule has 0 radical (unpaired) electrons. The molecule has 0 heterocycles. The first-order valence-electron chi connectivity index (χ1n) is 7.57. The van der Waals surface area contributed by atoms with Crippen molar-refractivity contribution in [1.29, 1.82) is 0 Å². The largest absolute Gasteiger partial charge is 0.308 e. The maximum Gasteiger partial charge on any atom is 0.258 e. The van der Waals surface area contributed by atoms with Gasteiger partial charge in [-0.25, -0.2) is 0 Å². The fourth-order valence-electron chi connectivity index (χ4n) is 2.80. The topological polar surface area (TPSA) is 20.3 Å². The third kappa shape index (κ3) is 2.60. The van der Waals surface area contributed by atoms with Gasteiger partial charge in [-0.2, -0.15) is 0 Å². The highest BCUT2D eigenvalue weighted by molar-refractivity contribution is 6.10. The van der Waals surface area contributed by atoms with Gasteiger partial charge in [0.1, 0.15) is 0 Å². The molecule has 3 rings (SSSR count). The van der Waals surface area contributed by atoms with Crippen molar-refractivity contribution in [3.8, 4) is 0 Å². The Morgan fingerprint density at radius 3 is 2.45 bits per heavy atom. The molecule has 22 heavy (non-hydrogen) atoms. The Morgan fingerprint density at radius 2 is 1.68 bits per heavy atom. The molecule has 3 aromatic carbocycles. The maximum absolute atomic E-state index is 12.9. The van der Waals surface area contributed by atoms with E-state index in [0.717, 1.165) is 27.6 Å². The van der Waals surface area contributed by atoms with Crippen molar-refractivity contribution in [2.75, 3.05) is 11.4 Å². The summed E-state index contributed by atoms with van der Waals surface area (Å²) in [5.41, 5.74) is 2.79. The summed E-state index contributed by atoms with van der Waals surface area (Å²) in [5, 5.41) is 2.25. The predicted octanol–water partition coefficient (Wildman–Crippen LogP) is 4.81. The highest BCUT2D eigenvalue weighted by Crippen LogP contribution is 2.27. The highest BCUT2D eigenvalue weighted by atomic mass is 16.2. The van der Waals surface area contributed by atoms with E-state index in [1.807, 2.05) is 67.3 Å². The van der Waals surface area contributed by atoms with Crippen molar-refractivity contribution in [2.45, 2.75) is 13.8 Å². The van der Waals surface area contributed by atoms with Crippen LogP contribution in [0, 0.1) is 6.92 Å². The molecule has 0 aromatic heterocycles. The second-order valence-corrected chi connectivity index (χ2v) is 5.42. The smallest absolute Gasteiger partial charge is 0.258 e. The minimum Gasteiger partial charge on any atom is -0.308 e. The molecule has 2 nitrogen and oxygen atoms in total. The van der Waals surface area contributed by atoms with Gasteiger partial charge >= 0.3 is 0 Å². The molecule has 0 unspecified atom stereocenters. The van der Waals surface area contributed by atoms with Gasteiger partial charge in [0.25, 0.3) is 5.91 Å². The van der Waals surface area contributed by atoms with Gasteiger partial charge < -0.3 is 4.90 Å². The quantitative estimate of drug-likeness (QED) is 0.677. The Kier molecular flexibility index (Phi) is 3.92. The Hall–Kier alpha value is -2.61. The number of anilines is 1. The summed E-state index contributed by atoms with van der Waals surface area (Å²) in [6.07, 6.45) is 0. The highest BCUT2D eigenvalue weighted by Gasteiger charge is 2.17. The Labute approximate surface area is 131 Å². The Morgan fingerprint density at radius 1 is 0.955 bits per heavy atom. The van der Waals surface area contributed by atoms with Gasteiger partial charge in [0.05, 0.1) is 5.69 Å². The minimum atomic E-state index is 0.0440. The van der Waals surface area contributed by atoms with Crippen LogP contribution in [0.15, 0.2) is 66.7 Å². The molecule has 0 aliphatic heterocycles. The molecule has 110 valence electrons. The number of rotatable bonds is 3. The summed E-state index contributed by atoms with van der Waals surface area (Å²) in [7, 11) is 0. The molecule has 2 heteroatoms. The lowest BCUT2D eigenvalue weighted by atomic mass is 10.1. The van der Waals surface area contributed by atoms with Crippen LogP contribution in [0.25, 0.3) is 10.8 Å². The lowest BCUT2D eigenvalue weighted by molar-refractivity contribution is 0.0988. The number of carbonyl (C=O) groups excluding carboxylic acids is 1. The molecule has 0 aliphatic rings. The van der Waals surface area contributed by atoms with E-state index in [-0.39, 0.29) is 5.91 Å². The summed E-state index contributed by atoms with van der Waals surface area (Å²) in [6.45, 7) is 4.65. The van der Waals surface area contributed by atoms with Crippen LogP contribution >= 0.6 is 0 Å². The minimum absolute atomic E-state index is 0.0440. The van der Waals surface area contributed by atoms with E-state index in [2.05, 4.69) is 18.2 Å². The first-order valence-corrected chi connectivity index (χ1v) is 7.57. The average Bonchev–Trinajstić information content (AvgIpc) is 2.55. The molecule has 0 fully saturated rings. The van der Waals surface area contributed by atoms with E-state index in [4.69, 9.17) is 0 Å². The Bertz CT molecular complexity index is 817. The van der Waals surface area contributed by atoms with Crippen molar-refractivity contribution in [3.63, 3.8) is 0 Å². The van der Waals surface area contributed by atoms with E-state index in [1.165, 1.54) is 0 Å². The van der Waals surface area contributed by atoms with E-state index >= 15 is 0 Å². The van der Waals surface area contributed by atoms with Gasteiger partial charge in [-0.3, -0.25) is 4.79 Å². The first kappa shape index (κ1) is 14.3. The van der Waals surface area contributed by atoms with E-state index < -0.39 is 0 Å². The summed E-state index contributed by atoms with van der Waals surface area (Å²) in [6, 6.07) is 22.0. The SMILES string of the molecule is CCN(C(=O)c1cccc(C)c1)c1cccc2ccccc12. The number of aryl methyl sites for hydroxylation is 1. The van der Waals surface area contributed by atoms with Crippen LogP contribution in [0.5, 0.6) is 0 Å². The number of benzene rings is 3. The molecule has 0 saturated carbocycles. The zero-order valence-corrected chi connectivity index (χ0v) is 12.9. The molecule has 0 atom stereocenters. The van der Waals surface area contributed by atoms with Crippen molar-refractivity contribution in [1.82, 2.24) is 0 Å². The van der Waals surface area contributed by atoms with Gasteiger partial charge in [0, 0.05) is 17.5 Å². The molecule has 0 bridgehead atoms. The lowest BCUT2D eigenvalue weighted by Gasteiger charge is -2.23. The van der Waals surface area contributed by atoms with Crippen molar-refractivity contribution in [2.24, 2.45) is 0 Å². The van der Waals surface area contributed by atoms with E-state index in [0.29, 0.717) is 6.54 Å². The number of hydrogen-bond acceptors (Lipinski definition) is 1. The standard InChI is InChI=1S/C20H19NO/c1-3-21(20(22)17-11-6-8-15(2)14-17)19-13-7-10-16-9-4-5-12-18(16)19/h4-14H,3H2,1-2H3. The molecule has 0 spiro atoms. The van der Waals surface area contributed by atoms with Crippen molar-refractivity contribution in [3.05, 3.63) is 77.9 Å². The van der Waals surface area contributed by atoms with Crippen LogP contribution in [-0.2, 0) is 0 Å². The summed E-state index contributed by atoms with van der Waals surface area (Å²) in [5.74, 6) is 0.0440. The number of nitrogens with zero attached hydrogens (tertiary/aromatic N) is 1. The third-order valence-electron chi connectivity index (χ3n) is 3.88. The number of carbonyl (C=O) groups is 1. The van der Waals surface area contributed by atoms with Crippen LogP contribution in [0.4, 0.5) is 5.69 Å². The number of hydrogen-bond donors (Lipinski definition) is 0. The van der Waals surface area contributed by atoms with E-state index in [1.54, 1.807) is 0 Å². The molecular weight excluding hydrogens is 270 g/mol. The molecule has 0 aliphatic carbocycles. The van der Waals surface area contributed by atoms with Crippen LogP contribution in [0.2, 0.25) is 0 Å². The van der Waals surface area contributed by atoms with E-state index in [9.17, 15) is 4.79 Å². The van der Waals surface area contributed by atoms with Gasteiger partial charge in [-0.05, 0) is 37.4 Å². The molecule has 3 aromatic rings. The average molecular weight is 289 g/mol. The van der Waals surface area contributed by atoms with Gasteiger partial charge in [0.15, 0.2) is 0 Å². The van der Waals surface area contributed by atoms with Crippen molar-refractivity contribution >= 4 is 22.4 Å². The lowest BCUT2D eigenvalue weighted by Crippen LogP contribution is -2.30. The van der Waals surface area contributed by atoms with Gasteiger partial charge in [-0.15, -0.1) is 0 Å². The molecule has 0 saturated heterocycles. The third-order valence-corrected chi connectivity index (χ3v) is 3.88.